The highest BCUT2D eigenvalue weighted by Gasteiger charge is 2.16. The predicted octanol–water partition coefficient (Wildman–Crippen LogP) is 4.13. The van der Waals surface area contributed by atoms with Gasteiger partial charge in [-0.15, -0.1) is 11.3 Å². The van der Waals surface area contributed by atoms with Gasteiger partial charge in [0.2, 0.25) is 0 Å². The van der Waals surface area contributed by atoms with E-state index >= 15 is 0 Å². The lowest BCUT2D eigenvalue weighted by molar-refractivity contribution is 0.101. The van der Waals surface area contributed by atoms with Crippen LogP contribution in [0.1, 0.15) is 10.5 Å². The molecule has 29 heavy (non-hydrogen) atoms. The third-order valence-corrected chi connectivity index (χ3v) is 4.85. The van der Waals surface area contributed by atoms with E-state index in [4.69, 9.17) is 14.0 Å². The zero-order chi connectivity index (χ0) is 20.2. The van der Waals surface area contributed by atoms with Gasteiger partial charge in [-0.2, -0.15) is 0 Å². The monoisotopic (exact) mass is 408 g/mol. The third kappa shape index (κ3) is 3.94. The lowest BCUT2D eigenvalue weighted by Gasteiger charge is -2.08. The number of nitrogens with zero attached hydrogens (tertiary/aromatic N) is 3. The summed E-state index contributed by atoms with van der Waals surface area (Å²) in [6.07, 6.45) is 3.30. The van der Waals surface area contributed by atoms with Crippen LogP contribution in [0, 0.1) is 0 Å². The highest BCUT2D eigenvalue weighted by atomic mass is 32.1. The number of carbonyl (C=O) groups is 1. The van der Waals surface area contributed by atoms with Crippen molar-refractivity contribution < 1.29 is 18.8 Å². The average Bonchev–Trinajstić information content (AvgIpc) is 3.44. The van der Waals surface area contributed by atoms with Gasteiger partial charge in [-0.05, 0) is 30.3 Å². The van der Waals surface area contributed by atoms with Crippen LogP contribution in [-0.2, 0) is 0 Å². The summed E-state index contributed by atoms with van der Waals surface area (Å²) >= 11 is 1.31. The van der Waals surface area contributed by atoms with Gasteiger partial charge in [0.05, 0.1) is 19.9 Å². The van der Waals surface area contributed by atoms with Crippen molar-refractivity contribution >= 4 is 22.4 Å². The molecule has 8 nitrogen and oxygen atoms in total. The maximum absolute atomic E-state index is 12.5. The Morgan fingerprint density at radius 3 is 2.72 bits per heavy atom. The smallest absolute Gasteiger partial charge is 0.279 e. The second kappa shape index (κ2) is 8.11. The van der Waals surface area contributed by atoms with Gasteiger partial charge in [-0.3, -0.25) is 15.1 Å². The number of nitrogens with one attached hydrogen (secondary N) is 1. The van der Waals surface area contributed by atoms with Gasteiger partial charge in [0.25, 0.3) is 5.91 Å². The van der Waals surface area contributed by atoms with Gasteiger partial charge in [0.1, 0.15) is 0 Å². The van der Waals surface area contributed by atoms with Crippen molar-refractivity contribution in [1.82, 2.24) is 15.1 Å². The Morgan fingerprint density at radius 1 is 1.10 bits per heavy atom. The molecule has 0 bridgehead atoms. The maximum Gasteiger partial charge on any atom is 0.279 e. The molecule has 4 aromatic rings. The van der Waals surface area contributed by atoms with Crippen molar-refractivity contribution in [1.29, 1.82) is 0 Å². The molecule has 0 fully saturated rings. The zero-order valence-corrected chi connectivity index (χ0v) is 16.4. The van der Waals surface area contributed by atoms with Crippen LogP contribution in [0.15, 0.2) is 58.7 Å². The van der Waals surface area contributed by atoms with Crippen molar-refractivity contribution in [2.45, 2.75) is 0 Å². The first-order chi connectivity index (χ1) is 14.2. The molecule has 0 saturated heterocycles. The maximum atomic E-state index is 12.5. The van der Waals surface area contributed by atoms with Gasteiger partial charge in [0.15, 0.2) is 28.1 Å². The molecular weight excluding hydrogens is 392 g/mol. The van der Waals surface area contributed by atoms with Crippen LogP contribution >= 0.6 is 11.3 Å². The van der Waals surface area contributed by atoms with E-state index in [0.29, 0.717) is 28.1 Å². The minimum atomic E-state index is -0.405. The summed E-state index contributed by atoms with van der Waals surface area (Å²) in [6.45, 7) is 0. The van der Waals surface area contributed by atoms with E-state index in [1.54, 1.807) is 44.8 Å². The molecule has 1 aromatic carbocycles. The molecule has 0 saturated carbocycles. The van der Waals surface area contributed by atoms with Crippen LogP contribution in [-0.4, -0.2) is 35.3 Å². The number of anilines is 1. The fraction of sp³-hybridized carbons (Fsp3) is 0.100. The number of thiazole rings is 1. The second-order valence-electron chi connectivity index (χ2n) is 5.88. The van der Waals surface area contributed by atoms with E-state index in [1.807, 2.05) is 23.6 Å². The predicted molar refractivity (Wildman–Crippen MR) is 108 cm³/mol. The first-order valence-corrected chi connectivity index (χ1v) is 9.42. The minimum Gasteiger partial charge on any atom is -0.493 e. The van der Waals surface area contributed by atoms with Crippen LogP contribution in [0.3, 0.4) is 0 Å². The first kappa shape index (κ1) is 18.6. The molecule has 0 spiro atoms. The van der Waals surface area contributed by atoms with Crippen molar-refractivity contribution in [2.24, 2.45) is 0 Å². The van der Waals surface area contributed by atoms with Crippen LogP contribution in [0.2, 0.25) is 0 Å². The van der Waals surface area contributed by atoms with E-state index in [0.717, 1.165) is 11.1 Å². The van der Waals surface area contributed by atoms with E-state index in [-0.39, 0.29) is 5.69 Å². The van der Waals surface area contributed by atoms with Crippen LogP contribution < -0.4 is 14.8 Å². The van der Waals surface area contributed by atoms with Gasteiger partial charge in [-0.25, -0.2) is 4.98 Å². The molecule has 4 rings (SSSR count). The Morgan fingerprint density at radius 2 is 1.97 bits per heavy atom. The molecule has 146 valence electrons. The number of methoxy groups -OCH3 is 2. The van der Waals surface area contributed by atoms with Gasteiger partial charge in [-0.1, -0.05) is 5.16 Å². The van der Waals surface area contributed by atoms with Crippen LogP contribution in [0.4, 0.5) is 5.13 Å². The van der Waals surface area contributed by atoms with E-state index in [1.165, 1.54) is 11.3 Å². The van der Waals surface area contributed by atoms with Crippen molar-refractivity contribution in [3.8, 4) is 34.1 Å². The Labute approximate surface area is 170 Å². The number of benzene rings is 1. The normalized spacial score (nSPS) is 10.6. The van der Waals surface area contributed by atoms with Crippen LogP contribution in [0.25, 0.3) is 22.6 Å². The Kier molecular flexibility index (Phi) is 5.21. The molecule has 3 aromatic heterocycles. The van der Waals surface area contributed by atoms with Crippen LogP contribution in [0.5, 0.6) is 11.5 Å². The Hall–Kier alpha value is -3.72. The van der Waals surface area contributed by atoms with Gasteiger partial charge >= 0.3 is 0 Å². The highest BCUT2D eigenvalue weighted by molar-refractivity contribution is 7.14. The summed E-state index contributed by atoms with van der Waals surface area (Å²) < 4.78 is 15.8. The summed E-state index contributed by atoms with van der Waals surface area (Å²) in [5.41, 5.74) is 2.46. The molecule has 0 aliphatic carbocycles. The number of ether oxygens (including phenoxy) is 2. The SMILES string of the molecule is COc1ccc(-c2csc(NC(=O)c3cc(-c4cccnc4)on3)n2)cc1OC. The van der Waals surface area contributed by atoms with Crippen molar-refractivity contribution in [3.05, 3.63) is 59.9 Å². The first-order valence-electron chi connectivity index (χ1n) is 8.54. The minimum absolute atomic E-state index is 0.159. The van der Waals surface area contributed by atoms with Crippen molar-refractivity contribution in [2.75, 3.05) is 19.5 Å². The number of rotatable bonds is 6. The standard InChI is InChI=1S/C20H16N4O4S/c1-26-16-6-5-12(8-18(16)27-2)15-11-29-20(22-15)23-19(25)14-9-17(28-24-14)13-4-3-7-21-10-13/h3-11H,1-2H3,(H,22,23,25). The fourth-order valence-corrected chi connectivity index (χ4v) is 3.36. The fourth-order valence-electron chi connectivity index (χ4n) is 2.65. The van der Waals surface area contributed by atoms with E-state index in [2.05, 4.69) is 20.4 Å². The number of hydrogen-bond acceptors (Lipinski definition) is 8. The van der Waals surface area contributed by atoms with Gasteiger partial charge < -0.3 is 14.0 Å². The number of pyridine rings is 1. The molecule has 1 N–H and O–H groups in total. The molecule has 1 amide bonds. The average molecular weight is 408 g/mol. The number of aromatic nitrogens is 3. The second-order valence-corrected chi connectivity index (χ2v) is 6.74. The molecule has 0 unspecified atom stereocenters. The van der Waals surface area contributed by atoms with Crippen molar-refractivity contribution in [3.63, 3.8) is 0 Å². The third-order valence-electron chi connectivity index (χ3n) is 4.09. The molecule has 0 atom stereocenters. The summed E-state index contributed by atoms with van der Waals surface area (Å²) in [6, 6.07) is 10.7. The molecule has 0 aliphatic heterocycles. The Bertz CT molecular complexity index is 1140. The lowest BCUT2D eigenvalue weighted by Crippen LogP contribution is -2.11. The molecule has 9 heteroatoms. The number of hydrogen-bond donors (Lipinski definition) is 1. The summed E-state index contributed by atoms with van der Waals surface area (Å²) in [5, 5.41) is 8.86. The summed E-state index contributed by atoms with van der Waals surface area (Å²) in [7, 11) is 3.16. The van der Waals surface area contributed by atoms with Gasteiger partial charge in [0, 0.05) is 35.0 Å². The Balaban J connectivity index is 1.49. The number of amides is 1. The molecule has 0 radical (unpaired) electrons. The van der Waals surface area contributed by atoms with E-state index in [9.17, 15) is 4.79 Å². The molecular formula is C20H16N4O4S. The zero-order valence-electron chi connectivity index (χ0n) is 15.6. The topological polar surface area (TPSA) is 99.4 Å². The lowest BCUT2D eigenvalue weighted by atomic mass is 10.1. The number of carbonyl (C=O) groups excluding carboxylic acids is 1. The highest BCUT2D eigenvalue weighted by Crippen LogP contribution is 2.33. The molecule has 3 heterocycles. The summed E-state index contributed by atoms with van der Waals surface area (Å²) in [4.78, 5) is 21.0. The largest absolute Gasteiger partial charge is 0.493 e. The quantitative estimate of drug-likeness (QED) is 0.512. The van der Waals surface area contributed by atoms with E-state index < -0.39 is 5.91 Å². The molecule has 0 aliphatic rings. The summed E-state index contributed by atoms with van der Waals surface area (Å²) in [5.74, 6) is 1.30.